The standard InChI is InChI=1S/C26H29N7O/c27-23-18-6-2-1-5-17(18)15-26(23)9-13-32(14-10-26)21-16-30-22(24(28)31-21)25(34)33-12-4-7-19-20(33)8-3-11-29-19/h1-3,5-6,8,11,16,23H,4,7,9-10,12-15,27H2,(H2,28,31)/t23-/m1/s1. The highest BCUT2D eigenvalue weighted by Crippen LogP contribution is 2.50. The molecular weight excluding hydrogens is 426 g/mol. The van der Waals surface area contributed by atoms with E-state index in [1.165, 1.54) is 11.1 Å². The van der Waals surface area contributed by atoms with E-state index in [-0.39, 0.29) is 28.9 Å². The number of carbonyl (C=O) groups excluding carboxylic acids is 1. The zero-order valence-corrected chi connectivity index (χ0v) is 19.2. The Morgan fingerprint density at radius 3 is 2.68 bits per heavy atom. The van der Waals surface area contributed by atoms with Crippen molar-refractivity contribution >= 4 is 23.2 Å². The van der Waals surface area contributed by atoms with Crippen LogP contribution in [0.1, 0.15) is 52.6 Å². The van der Waals surface area contributed by atoms with Gasteiger partial charge in [-0.3, -0.25) is 9.78 Å². The monoisotopic (exact) mass is 455 g/mol. The number of rotatable bonds is 2. The lowest BCUT2D eigenvalue weighted by molar-refractivity contribution is 0.0981. The Kier molecular flexibility index (Phi) is 4.99. The van der Waals surface area contributed by atoms with Crippen LogP contribution >= 0.6 is 0 Å². The van der Waals surface area contributed by atoms with Gasteiger partial charge in [0.15, 0.2) is 11.5 Å². The Balaban J connectivity index is 1.18. The first-order chi connectivity index (χ1) is 16.6. The number of benzene rings is 1. The Hall–Kier alpha value is -3.52. The van der Waals surface area contributed by atoms with Crippen LogP contribution in [0.15, 0.2) is 48.8 Å². The maximum Gasteiger partial charge on any atom is 0.280 e. The number of nitrogen functional groups attached to an aromatic ring is 1. The number of hydrogen-bond acceptors (Lipinski definition) is 7. The molecular formula is C26H29N7O. The van der Waals surface area contributed by atoms with Gasteiger partial charge < -0.3 is 21.3 Å². The van der Waals surface area contributed by atoms with Crippen molar-refractivity contribution in [3.63, 3.8) is 0 Å². The number of piperidine rings is 1. The highest BCUT2D eigenvalue weighted by Gasteiger charge is 2.46. The smallest absolute Gasteiger partial charge is 0.280 e. The molecule has 1 saturated heterocycles. The number of nitrogens with zero attached hydrogens (tertiary/aromatic N) is 5. The molecule has 1 spiro atoms. The van der Waals surface area contributed by atoms with Gasteiger partial charge in [0.1, 0.15) is 5.82 Å². The molecule has 0 saturated carbocycles. The van der Waals surface area contributed by atoms with Crippen LogP contribution in [0, 0.1) is 5.41 Å². The summed E-state index contributed by atoms with van der Waals surface area (Å²) < 4.78 is 0. The summed E-state index contributed by atoms with van der Waals surface area (Å²) in [7, 11) is 0. The van der Waals surface area contributed by atoms with Crippen molar-refractivity contribution in [1.29, 1.82) is 0 Å². The fourth-order valence-corrected chi connectivity index (χ4v) is 5.93. The van der Waals surface area contributed by atoms with Gasteiger partial charge in [-0.25, -0.2) is 9.97 Å². The molecule has 174 valence electrons. The summed E-state index contributed by atoms with van der Waals surface area (Å²) >= 11 is 0. The van der Waals surface area contributed by atoms with Crippen LogP contribution in [-0.4, -0.2) is 40.5 Å². The van der Waals surface area contributed by atoms with Gasteiger partial charge >= 0.3 is 0 Å². The second kappa shape index (κ2) is 8.06. The Morgan fingerprint density at radius 2 is 1.88 bits per heavy atom. The van der Waals surface area contributed by atoms with Crippen LogP contribution < -0.4 is 21.3 Å². The van der Waals surface area contributed by atoms with Crippen LogP contribution in [0.4, 0.5) is 17.3 Å². The van der Waals surface area contributed by atoms with Crippen LogP contribution in [0.25, 0.3) is 0 Å². The van der Waals surface area contributed by atoms with Gasteiger partial charge in [0.05, 0.1) is 17.6 Å². The first-order valence-electron chi connectivity index (χ1n) is 12.0. The highest BCUT2D eigenvalue weighted by molar-refractivity contribution is 6.08. The van der Waals surface area contributed by atoms with E-state index in [1.54, 1.807) is 17.3 Å². The van der Waals surface area contributed by atoms with Crippen LogP contribution in [0.5, 0.6) is 0 Å². The average Bonchev–Trinajstić information content (AvgIpc) is 3.14. The van der Waals surface area contributed by atoms with Gasteiger partial charge in [0.2, 0.25) is 0 Å². The number of amides is 1. The molecule has 0 bridgehead atoms. The number of pyridine rings is 1. The van der Waals surface area contributed by atoms with Crippen molar-refractivity contribution in [1.82, 2.24) is 15.0 Å². The molecule has 3 aromatic rings. The Bertz CT molecular complexity index is 1250. The Labute approximate surface area is 199 Å². The van der Waals surface area contributed by atoms with E-state index in [0.29, 0.717) is 12.4 Å². The van der Waals surface area contributed by atoms with Crippen LogP contribution in [0.3, 0.4) is 0 Å². The average molecular weight is 456 g/mol. The molecule has 1 amide bonds. The van der Waals surface area contributed by atoms with Crippen molar-refractivity contribution in [3.8, 4) is 0 Å². The largest absolute Gasteiger partial charge is 0.382 e. The first-order valence-corrected chi connectivity index (χ1v) is 12.0. The maximum absolute atomic E-state index is 13.3. The highest BCUT2D eigenvalue weighted by atomic mass is 16.2. The zero-order chi connectivity index (χ0) is 23.3. The maximum atomic E-state index is 13.3. The van der Waals surface area contributed by atoms with E-state index >= 15 is 0 Å². The summed E-state index contributed by atoms with van der Waals surface area (Å²) in [6.45, 7) is 2.31. The minimum Gasteiger partial charge on any atom is -0.382 e. The van der Waals surface area contributed by atoms with Gasteiger partial charge in [0.25, 0.3) is 5.91 Å². The summed E-state index contributed by atoms with van der Waals surface area (Å²) in [5.41, 5.74) is 17.7. The van der Waals surface area contributed by atoms with E-state index in [1.807, 2.05) is 12.1 Å². The summed E-state index contributed by atoms with van der Waals surface area (Å²) in [5.74, 6) is 0.662. The minimum atomic E-state index is -0.224. The predicted octanol–water partition coefficient (Wildman–Crippen LogP) is 2.89. The van der Waals surface area contributed by atoms with Crippen molar-refractivity contribution in [2.45, 2.75) is 38.1 Å². The van der Waals surface area contributed by atoms with Gasteiger partial charge in [-0.2, -0.15) is 0 Å². The summed E-state index contributed by atoms with van der Waals surface area (Å²) in [4.78, 5) is 30.7. The third-order valence-electron chi connectivity index (χ3n) is 7.86. The van der Waals surface area contributed by atoms with Crippen molar-refractivity contribution in [2.75, 3.05) is 35.2 Å². The normalized spacial score (nSPS) is 20.8. The van der Waals surface area contributed by atoms with Crippen LogP contribution in [0.2, 0.25) is 0 Å². The second-order valence-corrected chi connectivity index (χ2v) is 9.69. The number of aryl methyl sites for hydroxylation is 1. The molecule has 34 heavy (non-hydrogen) atoms. The number of aromatic nitrogens is 3. The van der Waals surface area contributed by atoms with Gasteiger partial charge in [-0.05, 0) is 60.8 Å². The second-order valence-electron chi connectivity index (χ2n) is 9.69. The van der Waals surface area contributed by atoms with Crippen molar-refractivity contribution in [2.24, 2.45) is 11.1 Å². The summed E-state index contributed by atoms with van der Waals surface area (Å²) in [6.07, 6.45) is 8.18. The molecule has 0 unspecified atom stereocenters. The summed E-state index contributed by atoms with van der Waals surface area (Å²) in [6, 6.07) is 12.4. The number of nitrogens with two attached hydrogens (primary N) is 2. The number of anilines is 3. The first kappa shape index (κ1) is 21.0. The summed E-state index contributed by atoms with van der Waals surface area (Å²) in [5, 5.41) is 0. The SMILES string of the molecule is Nc1nc(N2CCC3(CC2)Cc2ccccc2[C@H]3N)cnc1C(=O)N1CCCc2ncccc21. The molecule has 8 heteroatoms. The molecule has 1 aromatic carbocycles. The molecule has 4 heterocycles. The lowest BCUT2D eigenvalue weighted by Gasteiger charge is -2.42. The van der Waals surface area contributed by atoms with Crippen molar-refractivity contribution < 1.29 is 4.79 Å². The van der Waals surface area contributed by atoms with Gasteiger partial charge in [-0.15, -0.1) is 0 Å². The van der Waals surface area contributed by atoms with Gasteiger partial charge in [-0.1, -0.05) is 24.3 Å². The Morgan fingerprint density at radius 1 is 1.06 bits per heavy atom. The quantitative estimate of drug-likeness (QED) is 0.611. The zero-order valence-electron chi connectivity index (χ0n) is 19.2. The molecule has 1 fully saturated rings. The molecule has 2 aromatic heterocycles. The van der Waals surface area contributed by atoms with E-state index in [2.05, 4.69) is 44.1 Å². The third kappa shape index (κ3) is 3.32. The van der Waals surface area contributed by atoms with E-state index in [9.17, 15) is 4.79 Å². The molecule has 6 rings (SSSR count). The molecule has 4 N–H and O–H groups in total. The van der Waals surface area contributed by atoms with E-state index in [0.717, 1.165) is 56.6 Å². The molecule has 8 nitrogen and oxygen atoms in total. The fraction of sp³-hybridized carbons (Fsp3) is 0.385. The van der Waals surface area contributed by atoms with Crippen LogP contribution in [-0.2, 0) is 12.8 Å². The lowest BCUT2D eigenvalue weighted by atomic mass is 9.73. The number of hydrogen-bond donors (Lipinski definition) is 2. The molecule has 1 aliphatic carbocycles. The lowest BCUT2D eigenvalue weighted by Crippen LogP contribution is -2.44. The number of fused-ring (bicyclic) bond motifs is 2. The molecule has 3 aliphatic rings. The molecule has 2 aliphatic heterocycles. The van der Waals surface area contributed by atoms with E-state index < -0.39 is 0 Å². The minimum absolute atomic E-state index is 0.0731. The van der Waals surface area contributed by atoms with Gasteiger partial charge in [0, 0.05) is 31.9 Å². The fourth-order valence-electron chi connectivity index (χ4n) is 5.93. The predicted molar refractivity (Wildman–Crippen MR) is 132 cm³/mol. The number of carbonyl (C=O) groups is 1. The van der Waals surface area contributed by atoms with E-state index in [4.69, 9.17) is 11.5 Å². The third-order valence-corrected chi connectivity index (χ3v) is 7.86. The molecule has 0 radical (unpaired) electrons. The topological polar surface area (TPSA) is 114 Å². The molecule has 1 atom stereocenters. The van der Waals surface area contributed by atoms with Crippen molar-refractivity contribution in [3.05, 3.63) is 71.3 Å².